The van der Waals surface area contributed by atoms with E-state index < -0.39 is 0 Å². The fourth-order valence-electron chi connectivity index (χ4n) is 0.844. The summed E-state index contributed by atoms with van der Waals surface area (Å²) in [4.78, 5) is 0. The van der Waals surface area contributed by atoms with Crippen LogP contribution in [-0.2, 0) is 4.74 Å². The van der Waals surface area contributed by atoms with Crippen LogP contribution < -0.4 is 5.32 Å². The van der Waals surface area contributed by atoms with Crippen molar-refractivity contribution in [1.29, 1.82) is 0 Å². The van der Waals surface area contributed by atoms with Crippen LogP contribution in [0.4, 0.5) is 0 Å². The summed E-state index contributed by atoms with van der Waals surface area (Å²) in [6, 6.07) is 0. The summed E-state index contributed by atoms with van der Waals surface area (Å²) in [7, 11) is 0. The van der Waals surface area contributed by atoms with E-state index in [4.69, 9.17) is 4.74 Å². The summed E-state index contributed by atoms with van der Waals surface area (Å²) >= 11 is 0. The summed E-state index contributed by atoms with van der Waals surface area (Å²) in [6.45, 7) is 8.00. The van der Waals surface area contributed by atoms with E-state index in [1.54, 1.807) is 0 Å². The third-order valence-corrected chi connectivity index (χ3v) is 1.47. The zero-order chi connectivity index (χ0) is 9.07. The molecule has 0 saturated heterocycles. The fraction of sp³-hybridized carbons (Fsp3) is 0.800. The van der Waals surface area contributed by atoms with Crippen LogP contribution >= 0.6 is 0 Å². The molecule has 0 aliphatic heterocycles. The average molecular weight is 171 g/mol. The van der Waals surface area contributed by atoms with Crippen molar-refractivity contribution in [1.82, 2.24) is 5.32 Å². The molecule has 0 aromatic carbocycles. The van der Waals surface area contributed by atoms with Crippen LogP contribution in [0.3, 0.4) is 0 Å². The van der Waals surface area contributed by atoms with Crippen LogP contribution in [-0.4, -0.2) is 26.3 Å². The first-order chi connectivity index (χ1) is 5.91. The molecule has 2 heteroatoms. The SMILES string of the molecule is CCCOCC=CCCNCC. The van der Waals surface area contributed by atoms with Gasteiger partial charge in [-0.2, -0.15) is 0 Å². The van der Waals surface area contributed by atoms with Crippen molar-refractivity contribution in [3.63, 3.8) is 0 Å². The van der Waals surface area contributed by atoms with Crippen LogP contribution in [0.1, 0.15) is 26.7 Å². The van der Waals surface area contributed by atoms with Crippen molar-refractivity contribution < 1.29 is 4.74 Å². The Morgan fingerprint density at radius 2 is 2.08 bits per heavy atom. The van der Waals surface area contributed by atoms with Gasteiger partial charge in [-0.3, -0.25) is 0 Å². The Bertz CT molecular complexity index is 90.0. The molecule has 0 aromatic heterocycles. The number of ether oxygens (including phenoxy) is 1. The zero-order valence-corrected chi connectivity index (χ0v) is 8.31. The van der Waals surface area contributed by atoms with Crippen molar-refractivity contribution in [3.05, 3.63) is 12.2 Å². The molecular formula is C10H21NO. The lowest BCUT2D eigenvalue weighted by atomic mass is 10.4. The van der Waals surface area contributed by atoms with Crippen LogP contribution in [0, 0.1) is 0 Å². The van der Waals surface area contributed by atoms with E-state index in [9.17, 15) is 0 Å². The Balaban J connectivity index is 2.93. The molecule has 72 valence electrons. The van der Waals surface area contributed by atoms with Gasteiger partial charge in [0.2, 0.25) is 0 Å². The molecule has 0 rings (SSSR count). The molecule has 12 heavy (non-hydrogen) atoms. The van der Waals surface area contributed by atoms with Gasteiger partial charge in [0, 0.05) is 6.61 Å². The van der Waals surface area contributed by atoms with Gasteiger partial charge < -0.3 is 10.1 Å². The van der Waals surface area contributed by atoms with Gasteiger partial charge in [0.25, 0.3) is 0 Å². The van der Waals surface area contributed by atoms with E-state index in [1.807, 2.05) is 0 Å². The van der Waals surface area contributed by atoms with Crippen molar-refractivity contribution >= 4 is 0 Å². The van der Waals surface area contributed by atoms with Gasteiger partial charge in [-0.1, -0.05) is 26.0 Å². The maximum Gasteiger partial charge on any atom is 0.0647 e. The molecule has 0 bridgehead atoms. The van der Waals surface area contributed by atoms with Crippen molar-refractivity contribution in [2.24, 2.45) is 0 Å². The van der Waals surface area contributed by atoms with Gasteiger partial charge in [0.1, 0.15) is 0 Å². The van der Waals surface area contributed by atoms with Gasteiger partial charge in [0.15, 0.2) is 0 Å². The lowest BCUT2D eigenvalue weighted by molar-refractivity contribution is 0.163. The second kappa shape index (κ2) is 10.7. The molecule has 0 atom stereocenters. The Kier molecular flexibility index (Phi) is 10.4. The van der Waals surface area contributed by atoms with E-state index in [0.29, 0.717) is 0 Å². The molecule has 0 aliphatic rings. The summed E-state index contributed by atoms with van der Waals surface area (Å²) in [5.41, 5.74) is 0. The predicted molar refractivity (Wildman–Crippen MR) is 53.4 cm³/mol. The Morgan fingerprint density at radius 1 is 1.25 bits per heavy atom. The molecule has 0 saturated carbocycles. The molecule has 0 spiro atoms. The maximum absolute atomic E-state index is 5.28. The zero-order valence-electron chi connectivity index (χ0n) is 8.31. The monoisotopic (exact) mass is 171 g/mol. The third kappa shape index (κ3) is 9.66. The highest BCUT2D eigenvalue weighted by Gasteiger charge is 1.80. The number of hydrogen-bond acceptors (Lipinski definition) is 2. The minimum Gasteiger partial charge on any atom is -0.377 e. The summed E-state index contributed by atoms with van der Waals surface area (Å²) in [6.07, 6.45) is 6.46. The molecule has 0 fully saturated rings. The van der Waals surface area contributed by atoms with Crippen LogP contribution in [0.25, 0.3) is 0 Å². The van der Waals surface area contributed by atoms with E-state index in [-0.39, 0.29) is 0 Å². The smallest absolute Gasteiger partial charge is 0.0647 e. The van der Waals surface area contributed by atoms with E-state index in [0.717, 1.165) is 39.1 Å². The lowest BCUT2D eigenvalue weighted by Gasteiger charge is -1.97. The quantitative estimate of drug-likeness (QED) is 0.445. The van der Waals surface area contributed by atoms with Gasteiger partial charge in [-0.25, -0.2) is 0 Å². The van der Waals surface area contributed by atoms with Gasteiger partial charge in [0.05, 0.1) is 6.61 Å². The van der Waals surface area contributed by atoms with Crippen molar-refractivity contribution in [2.75, 3.05) is 26.3 Å². The first kappa shape index (κ1) is 11.7. The number of rotatable bonds is 8. The molecule has 0 aliphatic carbocycles. The van der Waals surface area contributed by atoms with Crippen LogP contribution in [0.2, 0.25) is 0 Å². The minimum absolute atomic E-state index is 0.764. The minimum atomic E-state index is 0.764. The molecule has 0 heterocycles. The van der Waals surface area contributed by atoms with E-state index in [2.05, 4.69) is 31.3 Å². The third-order valence-electron chi connectivity index (χ3n) is 1.47. The van der Waals surface area contributed by atoms with Gasteiger partial charge in [-0.05, 0) is 25.9 Å². The standard InChI is InChI=1S/C10H21NO/c1-3-9-12-10-7-5-6-8-11-4-2/h5,7,11H,3-4,6,8-10H2,1-2H3. The second-order valence-electron chi connectivity index (χ2n) is 2.69. The van der Waals surface area contributed by atoms with E-state index >= 15 is 0 Å². The van der Waals surface area contributed by atoms with E-state index in [1.165, 1.54) is 0 Å². The second-order valence-corrected chi connectivity index (χ2v) is 2.69. The molecular weight excluding hydrogens is 150 g/mol. The molecule has 2 nitrogen and oxygen atoms in total. The largest absolute Gasteiger partial charge is 0.377 e. The Morgan fingerprint density at radius 3 is 2.75 bits per heavy atom. The highest BCUT2D eigenvalue weighted by Crippen LogP contribution is 1.84. The highest BCUT2D eigenvalue weighted by molar-refractivity contribution is 4.81. The summed E-state index contributed by atoms with van der Waals surface area (Å²) < 4.78 is 5.28. The van der Waals surface area contributed by atoms with Gasteiger partial charge in [-0.15, -0.1) is 0 Å². The average Bonchev–Trinajstić information content (AvgIpc) is 2.10. The van der Waals surface area contributed by atoms with Crippen LogP contribution in [0.5, 0.6) is 0 Å². The van der Waals surface area contributed by atoms with Crippen LogP contribution in [0.15, 0.2) is 12.2 Å². The molecule has 0 amide bonds. The number of nitrogens with one attached hydrogen (secondary N) is 1. The Hall–Kier alpha value is -0.340. The first-order valence-corrected chi connectivity index (χ1v) is 4.85. The predicted octanol–water partition coefficient (Wildman–Crippen LogP) is 1.97. The summed E-state index contributed by atoms with van der Waals surface area (Å²) in [5, 5.41) is 3.26. The fourth-order valence-corrected chi connectivity index (χ4v) is 0.844. The highest BCUT2D eigenvalue weighted by atomic mass is 16.5. The first-order valence-electron chi connectivity index (χ1n) is 4.85. The topological polar surface area (TPSA) is 21.3 Å². The molecule has 0 radical (unpaired) electrons. The molecule has 0 unspecified atom stereocenters. The van der Waals surface area contributed by atoms with Gasteiger partial charge >= 0.3 is 0 Å². The molecule has 0 aromatic rings. The lowest BCUT2D eigenvalue weighted by Crippen LogP contribution is -2.12. The maximum atomic E-state index is 5.28. The van der Waals surface area contributed by atoms with Crippen molar-refractivity contribution in [3.8, 4) is 0 Å². The molecule has 1 N–H and O–H groups in total. The number of hydrogen-bond donors (Lipinski definition) is 1. The van der Waals surface area contributed by atoms with Crippen molar-refractivity contribution in [2.45, 2.75) is 26.7 Å². The Labute approximate surface area is 76.0 Å². The normalized spacial score (nSPS) is 11.2. The summed E-state index contributed by atoms with van der Waals surface area (Å²) in [5.74, 6) is 0.